The zero-order chi connectivity index (χ0) is 12.8. The van der Waals surface area contributed by atoms with Gasteiger partial charge in [0, 0.05) is 19.6 Å². The Hall–Kier alpha value is -0.770. The lowest BCUT2D eigenvalue weighted by Crippen LogP contribution is -2.37. The molecule has 0 radical (unpaired) electrons. The molecule has 0 unspecified atom stereocenters. The molecular formula is C14H20ClNO2. The van der Waals surface area contributed by atoms with Gasteiger partial charge in [0.05, 0.1) is 24.8 Å². The van der Waals surface area contributed by atoms with Crippen molar-refractivity contribution in [1.29, 1.82) is 0 Å². The van der Waals surface area contributed by atoms with Crippen molar-refractivity contribution in [2.24, 2.45) is 0 Å². The molecule has 0 spiro atoms. The Bertz CT molecular complexity index is 378. The Morgan fingerprint density at radius 2 is 2.11 bits per heavy atom. The summed E-state index contributed by atoms with van der Waals surface area (Å²) in [5.41, 5.74) is 1.15. The molecule has 100 valence electrons. The molecular weight excluding hydrogens is 250 g/mol. The predicted octanol–water partition coefficient (Wildman–Crippen LogP) is 2.75. The van der Waals surface area contributed by atoms with E-state index in [0.29, 0.717) is 11.6 Å². The molecule has 2 rings (SSSR count). The van der Waals surface area contributed by atoms with Gasteiger partial charge in [0.25, 0.3) is 0 Å². The molecule has 1 fully saturated rings. The second-order valence-corrected chi connectivity index (χ2v) is 5.00. The van der Waals surface area contributed by atoms with E-state index in [-0.39, 0.29) is 0 Å². The summed E-state index contributed by atoms with van der Waals surface area (Å²) in [7, 11) is 0. The lowest BCUT2D eigenvalue weighted by atomic mass is 10.2. The maximum absolute atomic E-state index is 6.11. The summed E-state index contributed by atoms with van der Waals surface area (Å²) in [4.78, 5) is 2.41. The maximum atomic E-state index is 6.11. The van der Waals surface area contributed by atoms with Gasteiger partial charge in [-0.15, -0.1) is 0 Å². The van der Waals surface area contributed by atoms with Crippen molar-refractivity contribution in [2.45, 2.75) is 13.3 Å². The minimum atomic E-state index is 0.696. The van der Waals surface area contributed by atoms with Gasteiger partial charge in [-0.05, 0) is 31.0 Å². The van der Waals surface area contributed by atoms with Crippen LogP contribution in [0, 0.1) is 6.92 Å². The molecule has 18 heavy (non-hydrogen) atoms. The summed E-state index contributed by atoms with van der Waals surface area (Å²) in [6, 6.07) is 5.88. The van der Waals surface area contributed by atoms with Crippen LogP contribution in [-0.2, 0) is 4.74 Å². The van der Waals surface area contributed by atoms with Crippen molar-refractivity contribution < 1.29 is 9.47 Å². The van der Waals surface area contributed by atoms with Crippen molar-refractivity contribution in [3.8, 4) is 5.75 Å². The summed E-state index contributed by atoms with van der Waals surface area (Å²) in [5, 5.41) is 0.696. The van der Waals surface area contributed by atoms with E-state index in [1.807, 2.05) is 25.1 Å². The van der Waals surface area contributed by atoms with E-state index in [4.69, 9.17) is 21.1 Å². The molecule has 0 N–H and O–H groups in total. The summed E-state index contributed by atoms with van der Waals surface area (Å²) in [5.74, 6) is 0.782. The van der Waals surface area contributed by atoms with Gasteiger partial charge in [-0.1, -0.05) is 17.7 Å². The largest absolute Gasteiger partial charge is 0.492 e. The third kappa shape index (κ3) is 4.16. The normalized spacial score (nSPS) is 16.8. The highest BCUT2D eigenvalue weighted by molar-refractivity contribution is 6.32. The quantitative estimate of drug-likeness (QED) is 0.768. The highest BCUT2D eigenvalue weighted by atomic mass is 35.5. The standard InChI is InChI=1S/C14H20ClNO2/c1-12-3-4-14(13(15)11-12)18-8-2-5-16-6-9-17-10-7-16/h3-4,11H,2,5-10H2,1H3. The van der Waals surface area contributed by atoms with E-state index >= 15 is 0 Å². The minimum absolute atomic E-state index is 0.696. The average Bonchev–Trinajstić information content (AvgIpc) is 2.38. The molecule has 0 bridgehead atoms. The van der Waals surface area contributed by atoms with Crippen LogP contribution in [0.2, 0.25) is 5.02 Å². The van der Waals surface area contributed by atoms with Crippen molar-refractivity contribution in [2.75, 3.05) is 39.5 Å². The number of hydrogen-bond donors (Lipinski definition) is 0. The second-order valence-electron chi connectivity index (χ2n) is 4.59. The van der Waals surface area contributed by atoms with Crippen LogP contribution in [0.4, 0.5) is 0 Å². The highest BCUT2D eigenvalue weighted by Crippen LogP contribution is 2.25. The van der Waals surface area contributed by atoms with Gasteiger partial charge < -0.3 is 9.47 Å². The summed E-state index contributed by atoms with van der Waals surface area (Å²) in [6.07, 6.45) is 1.02. The van der Waals surface area contributed by atoms with E-state index in [2.05, 4.69) is 4.90 Å². The first-order chi connectivity index (χ1) is 8.75. The molecule has 0 amide bonds. The smallest absolute Gasteiger partial charge is 0.137 e. The van der Waals surface area contributed by atoms with Gasteiger partial charge >= 0.3 is 0 Å². The molecule has 4 heteroatoms. The van der Waals surface area contributed by atoms with E-state index in [1.54, 1.807) is 0 Å². The van der Waals surface area contributed by atoms with Crippen LogP contribution in [0.25, 0.3) is 0 Å². The zero-order valence-electron chi connectivity index (χ0n) is 10.8. The number of halogens is 1. The maximum Gasteiger partial charge on any atom is 0.137 e. The monoisotopic (exact) mass is 269 g/mol. The van der Waals surface area contributed by atoms with Crippen LogP contribution in [0.15, 0.2) is 18.2 Å². The fourth-order valence-electron chi connectivity index (χ4n) is 2.02. The predicted molar refractivity (Wildman–Crippen MR) is 73.6 cm³/mol. The minimum Gasteiger partial charge on any atom is -0.492 e. The first-order valence-electron chi connectivity index (χ1n) is 6.45. The Morgan fingerprint density at radius 1 is 1.33 bits per heavy atom. The van der Waals surface area contributed by atoms with Crippen molar-refractivity contribution in [1.82, 2.24) is 4.90 Å². The SMILES string of the molecule is Cc1ccc(OCCCN2CCOCC2)c(Cl)c1. The van der Waals surface area contributed by atoms with Crippen molar-refractivity contribution in [3.05, 3.63) is 28.8 Å². The number of benzene rings is 1. The van der Waals surface area contributed by atoms with Gasteiger partial charge in [-0.3, -0.25) is 4.90 Å². The fourth-order valence-corrected chi connectivity index (χ4v) is 2.31. The van der Waals surface area contributed by atoms with Crippen molar-refractivity contribution in [3.63, 3.8) is 0 Å². The Morgan fingerprint density at radius 3 is 2.83 bits per heavy atom. The average molecular weight is 270 g/mol. The first kappa shape index (κ1) is 13.7. The number of hydrogen-bond acceptors (Lipinski definition) is 3. The van der Waals surface area contributed by atoms with Crippen LogP contribution in [-0.4, -0.2) is 44.4 Å². The van der Waals surface area contributed by atoms with Crippen LogP contribution >= 0.6 is 11.6 Å². The first-order valence-corrected chi connectivity index (χ1v) is 6.82. The molecule has 1 saturated heterocycles. The number of rotatable bonds is 5. The molecule has 0 aliphatic carbocycles. The van der Waals surface area contributed by atoms with E-state index in [1.165, 1.54) is 0 Å². The van der Waals surface area contributed by atoms with Crippen LogP contribution < -0.4 is 4.74 Å². The fraction of sp³-hybridized carbons (Fsp3) is 0.571. The molecule has 1 heterocycles. The van der Waals surface area contributed by atoms with E-state index < -0.39 is 0 Å². The number of ether oxygens (including phenoxy) is 2. The van der Waals surface area contributed by atoms with Crippen LogP contribution in [0.1, 0.15) is 12.0 Å². The third-order valence-electron chi connectivity index (χ3n) is 3.07. The van der Waals surface area contributed by atoms with E-state index in [9.17, 15) is 0 Å². The van der Waals surface area contributed by atoms with Gasteiger partial charge in [-0.2, -0.15) is 0 Å². The van der Waals surface area contributed by atoms with Crippen molar-refractivity contribution >= 4 is 11.6 Å². The molecule has 0 atom stereocenters. The van der Waals surface area contributed by atoms with Gasteiger partial charge in [0.2, 0.25) is 0 Å². The highest BCUT2D eigenvalue weighted by Gasteiger charge is 2.09. The molecule has 1 aromatic rings. The second kappa shape index (κ2) is 6.98. The Labute approximate surface area is 114 Å². The topological polar surface area (TPSA) is 21.7 Å². The number of aryl methyl sites for hydroxylation is 1. The Kier molecular flexibility index (Phi) is 5.29. The lowest BCUT2D eigenvalue weighted by Gasteiger charge is -2.26. The van der Waals surface area contributed by atoms with Gasteiger partial charge in [-0.25, -0.2) is 0 Å². The molecule has 1 aliphatic heterocycles. The van der Waals surface area contributed by atoms with Gasteiger partial charge in [0.1, 0.15) is 5.75 Å². The van der Waals surface area contributed by atoms with Gasteiger partial charge in [0.15, 0.2) is 0 Å². The van der Waals surface area contributed by atoms with Crippen LogP contribution in [0.5, 0.6) is 5.75 Å². The molecule has 0 saturated carbocycles. The Balaban J connectivity index is 1.68. The summed E-state index contributed by atoms with van der Waals surface area (Å²) < 4.78 is 11.0. The zero-order valence-corrected chi connectivity index (χ0v) is 11.6. The number of nitrogens with zero attached hydrogens (tertiary/aromatic N) is 1. The number of morpholine rings is 1. The summed E-state index contributed by atoms with van der Waals surface area (Å²) in [6.45, 7) is 7.56. The van der Waals surface area contributed by atoms with E-state index in [0.717, 1.165) is 50.6 Å². The summed E-state index contributed by atoms with van der Waals surface area (Å²) >= 11 is 6.11. The molecule has 1 aromatic carbocycles. The molecule has 1 aliphatic rings. The lowest BCUT2D eigenvalue weighted by molar-refractivity contribution is 0.0358. The van der Waals surface area contributed by atoms with Crippen LogP contribution in [0.3, 0.4) is 0 Å². The molecule has 3 nitrogen and oxygen atoms in total. The third-order valence-corrected chi connectivity index (χ3v) is 3.36. The molecule has 0 aromatic heterocycles.